The second-order valence-corrected chi connectivity index (χ2v) is 8.63. The number of benzene rings is 3. The molecule has 1 N–H and O–H groups in total. The predicted octanol–water partition coefficient (Wildman–Crippen LogP) is 8.71. The van der Waals surface area contributed by atoms with Gasteiger partial charge in [0.2, 0.25) is 0 Å². The Morgan fingerprint density at radius 1 is 0.897 bits per heavy atom. The first-order valence-electron chi connectivity index (χ1n) is 10.0. The minimum Gasteiger partial charge on any atom is -0.353 e. The zero-order valence-corrected chi connectivity index (χ0v) is 17.6. The molecule has 0 fully saturated rings. The molecule has 142 valence electrons. The molecular weight excluding hydrogens is 370 g/mol. The maximum atomic E-state index is 4.13. The van der Waals surface area contributed by atoms with Crippen LogP contribution in [0.25, 0.3) is 60.9 Å². The lowest BCUT2D eigenvalue weighted by molar-refractivity contribution is 1.23. The van der Waals surface area contributed by atoms with Gasteiger partial charge in [-0.1, -0.05) is 80.8 Å². The Kier molecular flexibility index (Phi) is 4.18. The van der Waals surface area contributed by atoms with Gasteiger partial charge in [-0.2, -0.15) is 0 Å². The van der Waals surface area contributed by atoms with Crippen molar-refractivity contribution >= 4 is 72.2 Å². The topological polar surface area (TPSA) is 15.8 Å². The number of fused-ring (bicyclic) bond motifs is 7. The second kappa shape index (κ2) is 6.75. The highest BCUT2D eigenvalue weighted by molar-refractivity contribution is 7.19. The smallest absolute Gasteiger partial charge is 0.0551 e. The number of aromatic amines is 1. The first kappa shape index (κ1) is 18.0. The number of hydrogen-bond donors (Lipinski definition) is 1. The van der Waals surface area contributed by atoms with E-state index < -0.39 is 0 Å². The van der Waals surface area contributed by atoms with Crippen molar-refractivity contribution in [2.24, 2.45) is 0 Å². The SMILES string of the molecule is C=Cc1c(C=C)c2sc(C)c(/C=C\CC)c2c2c1[nH]c1c3ccccc3ccc12. The van der Waals surface area contributed by atoms with Crippen molar-refractivity contribution in [1.82, 2.24) is 4.98 Å². The number of H-pyrrole nitrogens is 1. The van der Waals surface area contributed by atoms with E-state index in [1.54, 1.807) is 0 Å². The van der Waals surface area contributed by atoms with Gasteiger partial charge in [0, 0.05) is 42.2 Å². The third-order valence-electron chi connectivity index (χ3n) is 5.81. The largest absolute Gasteiger partial charge is 0.353 e. The number of thiophene rings is 1. The fourth-order valence-corrected chi connectivity index (χ4v) is 5.71. The molecule has 3 aromatic carbocycles. The summed E-state index contributed by atoms with van der Waals surface area (Å²) in [5, 5.41) is 6.39. The van der Waals surface area contributed by atoms with Gasteiger partial charge in [-0.05, 0) is 24.3 Å². The number of allylic oxidation sites excluding steroid dienone is 1. The van der Waals surface area contributed by atoms with Crippen LogP contribution in [0.1, 0.15) is 34.9 Å². The van der Waals surface area contributed by atoms with Crippen LogP contribution >= 0.6 is 11.3 Å². The lowest BCUT2D eigenvalue weighted by Gasteiger charge is -2.07. The summed E-state index contributed by atoms with van der Waals surface area (Å²) in [5.74, 6) is 0. The Bertz CT molecular complexity index is 1470. The number of aryl methyl sites for hydroxylation is 1. The van der Waals surface area contributed by atoms with E-state index in [0.717, 1.165) is 17.5 Å². The monoisotopic (exact) mass is 393 g/mol. The molecule has 0 unspecified atom stereocenters. The van der Waals surface area contributed by atoms with E-state index in [1.165, 1.54) is 53.2 Å². The van der Waals surface area contributed by atoms with Crippen molar-refractivity contribution in [3.8, 4) is 0 Å². The minimum atomic E-state index is 1.03. The Morgan fingerprint density at radius 2 is 1.69 bits per heavy atom. The fourth-order valence-electron chi connectivity index (χ4n) is 4.50. The number of rotatable bonds is 4. The van der Waals surface area contributed by atoms with Gasteiger partial charge in [-0.25, -0.2) is 0 Å². The van der Waals surface area contributed by atoms with E-state index in [4.69, 9.17) is 0 Å². The van der Waals surface area contributed by atoms with Crippen LogP contribution in [0.2, 0.25) is 0 Å². The highest BCUT2D eigenvalue weighted by Crippen LogP contribution is 2.45. The molecule has 0 atom stereocenters. The zero-order chi connectivity index (χ0) is 20.1. The molecule has 1 nitrogen and oxygen atoms in total. The summed E-state index contributed by atoms with van der Waals surface area (Å²) < 4.78 is 1.30. The van der Waals surface area contributed by atoms with Gasteiger partial charge in [0.15, 0.2) is 0 Å². The fraction of sp³-hybridized carbons (Fsp3) is 0.111. The number of nitrogens with one attached hydrogen (secondary N) is 1. The molecule has 5 aromatic rings. The first-order valence-corrected chi connectivity index (χ1v) is 10.8. The van der Waals surface area contributed by atoms with Gasteiger partial charge >= 0.3 is 0 Å². The standard InChI is InChI=1S/C27H23NS/c1-5-8-12-20-16(4)29-27-19(7-3)18(6-2)26-23(24(20)27)22-15-14-17-11-9-10-13-21(17)25(22)28-26/h6-15,28H,2-3,5H2,1,4H3/b12-8-. The van der Waals surface area contributed by atoms with Crippen LogP contribution in [0.15, 0.2) is 55.6 Å². The summed E-state index contributed by atoms with van der Waals surface area (Å²) in [4.78, 5) is 5.10. The van der Waals surface area contributed by atoms with Crippen molar-refractivity contribution in [2.75, 3.05) is 0 Å². The van der Waals surface area contributed by atoms with Crippen LogP contribution in [0, 0.1) is 6.92 Å². The predicted molar refractivity (Wildman–Crippen MR) is 133 cm³/mol. The highest BCUT2D eigenvalue weighted by Gasteiger charge is 2.21. The minimum absolute atomic E-state index is 1.03. The lowest BCUT2D eigenvalue weighted by Crippen LogP contribution is -1.86. The van der Waals surface area contributed by atoms with Gasteiger partial charge in [0.05, 0.1) is 11.0 Å². The molecule has 0 saturated carbocycles. The molecule has 0 bridgehead atoms. The van der Waals surface area contributed by atoms with Crippen molar-refractivity contribution < 1.29 is 0 Å². The molecule has 0 amide bonds. The average molecular weight is 394 g/mol. The summed E-state index contributed by atoms with van der Waals surface area (Å²) in [6.45, 7) is 12.7. The van der Waals surface area contributed by atoms with Gasteiger partial charge in [-0.3, -0.25) is 0 Å². The summed E-state index contributed by atoms with van der Waals surface area (Å²) in [7, 11) is 0. The molecule has 5 rings (SSSR count). The van der Waals surface area contributed by atoms with E-state index in [0.29, 0.717) is 0 Å². The van der Waals surface area contributed by atoms with Crippen molar-refractivity contribution in [3.05, 3.63) is 77.2 Å². The van der Waals surface area contributed by atoms with Crippen LogP contribution < -0.4 is 0 Å². The maximum absolute atomic E-state index is 4.13. The molecule has 2 heteroatoms. The Labute approximate surface area is 174 Å². The molecule has 0 aliphatic carbocycles. The molecule has 2 aromatic heterocycles. The van der Waals surface area contributed by atoms with E-state index >= 15 is 0 Å². The summed E-state index contributed by atoms with van der Waals surface area (Å²) in [6, 6.07) is 13.1. The summed E-state index contributed by atoms with van der Waals surface area (Å²) in [5.41, 5.74) is 5.97. The van der Waals surface area contributed by atoms with Crippen molar-refractivity contribution in [2.45, 2.75) is 20.3 Å². The van der Waals surface area contributed by atoms with Gasteiger partial charge in [-0.15, -0.1) is 11.3 Å². The molecule has 0 aliphatic rings. The first-order chi connectivity index (χ1) is 14.2. The van der Waals surface area contributed by atoms with Crippen LogP contribution in [0.3, 0.4) is 0 Å². The molecule has 0 radical (unpaired) electrons. The molecule has 0 spiro atoms. The highest BCUT2D eigenvalue weighted by atomic mass is 32.1. The molecule has 29 heavy (non-hydrogen) atoms. The molecular formula is C27H23NS. The third-order valence-corrected chi connectivity index (χ3v) is 6.97. The van der Waals surface area contributed by atoms with E-state index in [9.17, 15) is 0 Å². The van der Waals surface area contributed by atoms with Gasteiger partial charge in [0.25, 0.3) is 0 Å². The third kappa shape index (κ3) is 2.46. The van der Waals surface area contributed by atoms with Gasteiger partial charge in [0.1, 0.15) is 0 Å². The molecule has 0 saturated heterocycles. The molecule has 2 heterocycles. The van der Waals surface area contributed by atoms with E-state index in [-0.39, 0.29) is 0 Å². The van der Waals surface area contributed by atoms with Crippen molar-refractivity contribution in [3.63, 3.8) is 0 Å². The van der Waals surface area contributed by atoms with Crippen molar-refractivity contribution in [1.29, 1.82) is 0 Å². The van der Waals surface area contributed by atoms with Crippen LogP contribution in [-0.2, 0) is 0 Å². The zero-order valence-electron chi connectivity index (χ0n) is 16.8. The van der Waals surface area contributed by atoms with Crippen LogP contribution in [-0.4, -0.2) is 4.98 Å². The van der Waals surface area contributed by atoms with E-state index in [2.05, 4.69) is 80.5 Å². The normalized spacial score (nSPS) is 12.1. The van der Waals surface area contributed by atoms with Gasteiger partial charge < -0.3 is 4.98 Å². The quantitative estimate of drug-likeness (QED) is 0.314. The molecule has 0 aliphatic heterocycles. The average Bonchev–Trinajstić information content (AvgIpc) is 3.28. The summed E-state index contributed by atoms with van der Waals surface area (Å²) >= 11 is 1.86. The maximum Gasteiger partial charge on any atom is 0.0551 e. The second-order valence-electron chi connectivity index (χ2n) is 7.41. The Balaban J connectivity index is 2.12. The Morgan fingerprint density at radius 3 is 2.45 bits per heavy atom. The lowest BCUT2D eigenvalue weighted by atomic mass is 9.95. The number of aromatic nitrogens is 1. The van der Waals surface area contributed by atoms with Crippen LogP contribution in [0.5, 0.6) is 0 Å². The van der Waals surface area contributed by atoms with Crippen LogP contribution in [0.4, 0.5) is 0 Å². The Hall–Kier alpha value is -3.10. The number of hydrogen-bond acceptors (Lipinski definition) is 1. The summed E-state index contributed by atoms with van der Waals surface area (Å²) in [6.07, 6.45) is 9.50. The van der Waals surface area contributed by atoms with E-state index in [1.807, 2.05) is 23.5 Å².